The average molecular weight is 191 g/mol. The summed E-state index contributed by atoms with van der Waals surface area (Å²) in [5.74, 6) is 0. The van der Waals surface area contributed by atoms with Crippen LogP contribution < -0.4 is 5.32 Å². The highest BCUT2D eigenvalue weighted by Crippen LogP contribution is 2.18. The molecule has 2 nitrogen and oxygen atoms in total. The van der Waals surface area contributed by atoms with Crippen LogP contribution in [-0.2, 0) is 4.74 Å². The van der Waals surface area contributed by atoms with Gasteiger partial charge in [-0.05, 0) is 31.0 Å². The monoisotopic (exact) mass is 191 g/mol. The molecular formula is C12H17NO. The fraction of sp³-hybridized carbons (Fsp3) is 0.500. The summed E-state index contributed by atoms with van der Waals surface area (Å²) in [5.41, 5.74) is 2.71. The van der Waals surface area contributed by atoms with Crippen molar-refractivity contribution in [2.45, 2.75) is 19.4 Å². The van der Waals surface area contributed by atoms with Crippen molar-refractivity contribution in [2.75, 3.05) is 19.8 Å². The first-order valence-corrected chi connectivity index (χ1v) is 5.24. The Kier molecular flexibility index (Phi) is 3.17. The summed E-state index contributed by atoms with van der Waals surface area (Å²) in [4.78, 5) is 0. The van der Waals surface area contributed by atoms with E-state index in [4.69, 9.17) is 4.74 Å². The standard InChI is InChI=1S/C12H17NO/c1-10-5-2-3-6-11(10)12-9-14-8-4-7-13-12/h2-3,5-6,12-13H,4,7-9H2,1H3/t12-/m1/s1. The number of aryl methyl sites for hydroxylation is 1. The van der Waals surface area contributed by atoms with E-state index in [0.717, 1.165) is 26.2 Å². The van der Waals surface area contributed by atoms with Crippen molar-refractivity contribution in [1.29, 1.82) is 0 Å². The zero-order valence-electron chi connectivity index (χ0n) is 8.62. The highest BCUT2D eigenvalue weighted by atomic mass is 16.5. The average Bonchev–Trinajstić information content (AvgIpc) is 2.47. The fourth-order valence-corrected chi connectivity index (χ4v) is 1.89. The molecule has 2 rings (SSSR count). The van der Waals surface area contributed by atoms with Gasteiger partial charge < -0.3 is 10.1 Å². The molecule has 1 aromatic rings. The largest absolute Gasteiger partial charge is 0.379 e. The lowest BCUT2D eigenvalue weighted by Gasteiger charge is -2.17. The van der Waals surface area contributed by atoms with Gasteiger partial charge in [-0.2, -0.15) is 0 Å². The maximum Gasteiger partial charge on any atom is 0.0661 e. The number of rotatable bonds is 1. The van der Waals surface area contributed by atoms with Gasteiger partial charge in [0.25, 0.3) is 0 Å². The van der Waals surface area contributed by atoms with Crippen molar-refractivity contribution >= 4 is 0 Å². The van der Waals surface area contributed by atoms with Gasteiger partial charge in [0.1, 0.15) is 0 Å². The molecule has 0 unspecified atom stereocenters. The van der Waals surface area contributed by atoms with E-state index in [2.05, 4.69) is 36.5 Å². The lowest BCUT2D eigenvalue weighted by molar-refractivity contribution is 0.131. The van der Waals surface area contributed by atoms with Gasteiger partial charge in [0.05, 0.1) is 12.6 Å². The Labute approximate surface area is 85.3 Å². The summed E-state index contributed by atoms with van der Waals surface area (Å²) in [7, 11) is 0. The highest BCUT2D eigenvalue weighted by Gasteiger charge is 2.14. The van der Waals surface area contributed by atoms with Crippen molar-refractivity contribution < 1.29 is 4.74 Å². The quantitative estimate of drug-likeness (QED) is 0.733. The Morgan fingerprint density at radius 3 is 3.07 bits per heavy atom. The minimum atomic E-state index is 0.374. The van der Waals surface area contributed by atoms with E-state index < -0.39 is 0 Å². The molecule has 0 radical (unpaired) electrons. The molecule has 1 saturated heterocycles. The van der Waals surface area contributed by atoms with E-state index in [0.29, 0.717) is 6.04 Å². The summed E-state index contributed by atoms with van der Waals surface area (Å²) < 4.78 is 5.55. The second-order valence-corrected chi connectivity index (χ2v) is 3.79. The van der Waals surface area contributed by atoms with E-state index in [-0.39, 0.29) is 0 Å². The second-order valence-electron chi connectivity index (χ2n) is 3.79. The maximum atomic E-state index is 5.55. The van der Waals surface area contributed by atoms with Crippen molar-refractivity contribution in [3.05, 3.63) is 35.4 Å². The lowest BCUT2D eigenvalue weighted by atomic mass is 10.0. The van der Waals surface area contributed by atoms with Crippen molar-refractivity contribution in [2.24, 2.45) is 0 Å². The van der Waals surface area contributed by atoms with Crippen LogP contribution in [0.15, 0.2) is 24.3 Å². The first-order valence-electron chi connectivity index (χ1n) is 5.24. The molecule has 1 fully saturated rings. The Bertz CT molecular complexity index is 290. The number of nitrogens with one attached hydrogen (secondary N) is 1. The number of ether oxygens (including phenoxy) is 1. The lowest BCUT2D eigenvalue weighted by Crippen LogP contribution is -2.24. The van der Waals surface area contributed by atoms with Crippen LogP contribution in [0.1, 0.15) is 23.6 Å². The molecule has 0 amide bonds. The highest BCUT2D eigenvalue weighted by molar-refractivity contribution is 5.28. The van der Waals surface area contributed by atoms with E-state index >= 15 is 0 Å². The van der Waals surface area contributed by atoms with Crippen molar-refractivity contribution in [3.8, 4) is 0 Å². The Hall–Kier alpha value is -0.860. The van der Waals surface area contributed by atoms with E-state index in [1.54, 1.807) is 0 Å². The summed E-state index contributed by atoms with van der Waals surface area (Å²) >= 11 is 0. The Morgan fingerprint density at radius 2 is 2.21 bits per heavy atom. The molecule has 0 bridgehead atoms. The van der Waals surface area contributed by atoms with Gasteiger partial charge in [0.2, 0.25) is 0 Å². The minimum absolute atomic E-state index is 0.374. The van der Waals surface area contributed by atoms with Gasteiger partial charge in [-0.3, -0.25) is 0 Å². The molecule has 1 N–H and O–H groups in total. The van der Waals surface area contributed by atoms with Gasteiger partial charge in [-0.15, -0.1) is 0 Å². The molecule has 2 heteroatoms. The van der Waals surface area contributed by atoms with Crippen LogP contribution >= 0.6 is 0 Å². The molecule has 0 aromatic heterocycles. The predicted molar refractivity (Wildman–Crippen MR) is 57.4 cm³/mol. The molecule has 1 aliphatic rings. The molecule has 1 atom stereocenters. The first kappa shape index (κ1) is 9.69. The third kappa shape index (κ3) is 2.14. The zero-order chi connectivity index (χ0) is 9.80. The van der Waals surface area contributed by atoms with E-state index in [9.17, 15) is 0 Å². The third-order valence-electron chi connectivity index (χ3n) is 2.70. The number of hydrogen-bond donors (Lipinski definition) is 1. The van der Waals surface area contributed by atoms with Crippen LogP contribution in [0.3, 0.4) is 0 Å². The zero-order valence-corrected chi connectivity index (χ0v) is 8.62. The van der Waals surface area contributed by atoms with Crippen molar-refractivity contribution in [3.63, 3.8) is 0 Å². The molecule has 0 aliphatic carbocycles. The van der Waals surface area contributed by atoms with Crippen LogP contribution in [0, 0.1) is 6.92 Å². The SMILES string of the molecule is Cc1ccccc1[C@H]1COCCCN1. The molecule has 1 aliphatic heterocycles. The molecule has 76 valence electrons. The van der Waals surface area contributed by atoms with Crippen LogP contribution in [0.5, 0.6) is 0 Å². The summed E-state index contributed by atoms with van der Waals surface area (Å²) in [6.07, 6.45) is 1.11. The third-order valence-corrected chi connectivity index (χ3v) is 2.70. The second kappa shape index (κ2) is 4.58. The van der Waals surface area contributed by atoms with Gasteiger partial charge >= 0.3 is 0 Å². The molecule has 1 aromatic carbocycles. The number of hydrogen-bond acceptors (Lipinski definition) is 2. The van der Waals surface area contributed by atoms with E-state index in [1.807, 2.05) is 0 Å². The smallest absolute Gasteiger partial charge is 0.0661 e. The van der Waals surface area contributed by atoms with Gasteiger partial charge in [-0.1, -0.05) is 24.3 Å². The van der Waals surface area contributed by atoms with E-state index in [1.165, 1.54) is 11.1 Å². The Morgan fingerprint density at radius 1 is 1.36 bits per heavy atom. The first-order chi connectivity index (χ1) is 6.88. The summed E-state index contributed by atoms with van der Waals surface area (Å²) in [6, 6.07) is 8.88. The molecule has 1 heterocycles. The van der Waals surface area contributed by atoms with Crippen LogP contribution in [0.2, 0.25) is 0 Å². The molecule has 0 saturated carbocycles. The van der Waals surface area contributed by atoms with Crippen LogP contribution in [0.4, 0.5) is 0 Å². The normalized spacial score (nSPS) is 23.1. The molecule has 0 spiro atoms. The van der Waals surface area contributed by atoms with Crippen molar-refractivity contribution in [1.82, 2.24) is 5.32 Å². The van der Waals surface area contributed by atoms with Gasteiger partial charge in [0, 0.05) is 6.61 Å². The van der Waals surface area contributed by atoms with Crippen LogP contribution in [0.25, 0.3) is 0 Å². The number of benzene rings is 1. The predicted octanol–water partition coefficient (Wildman–Crippen LogP) is 2.05. The van der Waals surface area contributed by atoms with Gasteiger partial charge in [-0.25, -0.2) is 0 Å². The Balaban J connectivity index is 2.16. The maximum absolute atomic E-state index is 5.55. The summed E-state index contributed by atoms with van der Waals surface area (Å²) in [5, 5.41) is 3.51. The molecule has 14 heavy (non-hydrogen) atoms. The van der Waals surface area contributed by atoms with Crippen LogP contribution in [-0.4, -0.2) is 19.8 Å². The van der Waals surface area contributed by atoms with Gasteiger partial charge in [0.15, 0.2) is 0 Å². The summed E-state index contributed by atoms with van der Waals surface area (Å²) in [6.45, 7) is 4.89. The fourth-order valence-electron chi connectivity index (χ4n) is 1.89. The minimum Gasteiger partial charge on any atom is -0.379 e. The topological polar surface area (TPSA) is 21.3 Å². The molecular weight excluding hydrogens is 174 g/mol.